The van der Waals surface area contributed by atoms with Crippen LogP contribution in [0, 0.1) is 6.92 Å². The van der Waals surface area contributed by atoms with Crippen LogP contribution in [0.3, 0.4) is 0 Å². The van der Waals surface area contributed by atoms with Gasteiger partial charge in [0.15, 0.2) is 0 Å². The van der Waals surface area contributed by atoms with Crippen LogP contribution in [0.5, 0.6) is 0 Å². The number of thiazole rings is 1. The molecule has 5 heteroatoms. The molecule has 0 saturated heterocycles. The van der Waals surface area contributed by atoms with Crippen molar-refractivity contribution >= 4 is 11.3 Å². The number of aromatic nitrogens is 1. The van der Waals surface area contributed by atoms with Crippen molar-refractivity contribution in [2.24, 2.45) is 5.73 Å². The third-order valence-electron chi connectivity index (χ3n) is 2.35. The Bertz CT molecular complexity index is 439. The zero-order valence-electron chi connectivity index (χ0n) is 8.96. The van der Waals surface area contributed by atoms with Crippen molar-refractivity contribution in [3.8, 4) is 0 Å². The molecule has 2 aromatic heterocycles. The summed E-state index contributed by atoms with van der Waals surface area (Å²) in [5.74, 6) is 0.508. The highest BCUT2D eigenvalue weighted by molar-refractivity contribution is 7.11. The van der Waals surface area contributed by atoms with Crippen molar-refractivity contribution in [3.05, 3.63) is 40.2 Å². The van der Waals surface area contributed by atoms with Crippen molar-refractivity contribution < 1.29 is 9.52 Å². The molecule has 2 unspecified atom stereocenters. The maximum absolute atomic E-state index is 9.91. The quantitative estimate of drug-likeness (QED) is 0.849. The topological polar surface area (TPSA) is 72.3 Å². The maximum atomic E-state index is 9.91. The fraction of sp³-hybridized carbons (Fsp3) is 0.364. The van der Waals surface area contributed by atoms with E-state index in [4.69, 9.17) is 10.2 Å². The first-order valence-electron chi connectivity index (χ1n) is 5.05. The molecule has 16 heavy (non-hydrogen) atoms. The SMILES string of the molecule is Cc1ncc(CC(N)C(O)c2ccco2)s1. The molecule has 0 amide bonds. The molecule has 0 fully saturated rings. The Hall–Kier alpha value is -1.17. The zero-order valence-corrected chi connectivity index (χ0v) is 9.78. The van der Waals surface area contributed by atoms with Gasteiger partial charge < -0.3 is 15.3 Å². The Kier molecular flexibility index (Phi) is 3.38. The number of aryl methyl sites for hydroxylation is 1. The molecule has 2 heterocycles. The average molecular weight is 238 g/mol. The van der Waals surface area contributed by atoms with Crippen LogP contribution < -0.4 is 5.73 Å². The number of rotatable bonds is 4. The van der Waals surface area contributed by atoms with E-state index in [9.17, 15) is 5.11 Å². The van der Waals surface area contributed by atoms with Gasteiger partial charge in [0.05, 0.1) is 11.3 Å². The molecule has 2 rings (SSSR count). The lowest BCUT2D eigenvalue weighted by atomic mass is 10.1. The predicted molar refractivity (Wildman–Crippen MR) is 62.2 cm³/mol. The van der Waals surface area contributed by atoms with Gasteiger partial charge in [0, 0.05) is 23.5 Å². The van der Waals surface area contributed by atoms with Crippen LogP contribution in [0.15, 0.2) is 29.0 Å². The summed E-state index contributed by atoms with van der Waals surface area (Å²) in [5, 5.41) is 10.9. The van der Waals surface area contributed by atoms with Crippen LogP contribution in [-0.4, -0.2) is 16.1 Å². The maximum Gasteiger partial charge on any atom is 0.133 e. The second-order valence-electron chi connectivity index (χ2n) is 3.67. The standard InChI is InChI=1S/C11H14N2O2S/c1-7-13-6-8(16-7)5-9(12)11(14)10-3-2-4-15-10/h2-4,6,9,11,14H,5,12H2,1H3. The Morgan fingerprint density at radius 1 is 1.62 bits per heavy atom. The summed E-state index contributed by atoms with van der Waals surface area (Å²) in [5.41, 5.74) is 5.92. The molecule has 0 aliphatic heterocycles. The number of hydrogen-bond acceptors (Lipinski definition) is 5. The molecule has 2 atom stereocenters. The summed E-state index contributed by atoms with van der Waals surface area (Å²) in [7, 11) is 0. The summed E-state index contributed by atoms with van der Waals surface area (Å²) >= 11 is 1.60. The van der Waals surface area contributed by atoms with E-state index in [1.807, 2.05) is 6.92 Å². The summed E-state index contributed by atoms with van der Waals surface area (Å²) in [4.78, 5) is 5.23. The first-order valence-corrected chi connectivity index (χ1v) is 5.87. The largest absolute Gasteiger partial charge is 0.467 e. The van der Waals surface area contributed by atoms with E-state index in [2.05, 4.69) is 4.98 Å². The minimum Gasteiger partial charge on any atom is -0.467 e. The molecular formula is C11H14N2O2S. The van der Waals surface area contributed by atoms with E-state index in [0.717, 1.165) is 9.88 Å². The molecule has 86 valence electrons. The molecule has 0 saturated carbocycles. The van der Waals surface area contributed by atoms with Gasteiger partial charge in [0.25, 0.3) is 0 Å². The van der Waals surface area contributed by atoms with Crippen LogP contribution in [0.25, 0.3) is 0 Å². The molecule has 0 aliphatic rings. The van der Waals surface area contributed by atoms with Gasteiger partial charge in [-0.15, -0.1) is 11.3 Å². The van der Waals surface area contributed by atoms with Gasteiger partial charge in [-0.2, -0.15) is 0 Å². The second-order valence-corrected chi connectivity index (χ2v) is 4.99. The molecule has 0 radical (unpaired) electrons. The van der Waals surface area contributed by atoms with Gasteiger partial charge in [-0.25, -0.2) is 4.98 Å². The molecular weight excluding hydrogens is 224 g/mol. The smallest absolute Gasteiger partial charge is 0.133 e. The van der Waals surface area contributed by atoms with Crippen molar-refractivity contribution in [1.82, 2.24) is 4.98 Å². The van der Waals surface area contributed by atoms with Crippen molar-refractivity contribution in [2.45, 2.75) is 25.5 Å². The van der Waals surface area contributed by atoms with Crippen LogP contribution in [0.2, 0.25) is 0 Å². The van der Waals surface area contributed by atoms with Gasteiger partial charge >= 0.3 is 0 Å². The summed E-state index contributed by atoms with van der Waals surface area (Å²) in [6.45, 7) is 1.95. The zero-order chi connectivity index (χ0) is 11.5. The van der Waals surface area contributed by atoms with E-state index in [1.165, 1.54) is 6.26 Å². The first-order chi connectivity index (χ1) is 7.66. The Morgan fingerprint density at radius 3 is 3.00 bits per heavy atom. The van der Waals surface area contributed by atoms with Crippen LogP contribution >= 0.6 is 11.3 Å². The molecule has 4 nitrogen and oxygen atoms in total. The van der Waals surface area contributed by atoms with Crippen LogP contribution in [0.4, 0.5) is 0 Å². The third-order valence-corrected chi connectivity index (χ3v) is 3.28. The van der Waals surface area contributed by atoms with Crippen LogP contribution in [0.1, 0.15) is 21.7 Å². The molecule has 0 aliphatic carbocycles. The minimum absolute atomic E-state index is 0.369. The fourth-order valence-corrected chi connectivity index (χ4v) is 2.38. The third kappa shape index (κ3) is 2.49. The fourth-order valence-electron chi connectivity index (χ4n) is 1.51. The van der Waals surface area contributed by atoms with Gasteiger partial charge in [0.2, 0.25) is 0 Å². The molecule has 2 aromatic rings. The normalized spacial score (nSPS) is 14.9. The Labute approximate surface area is 97.7 Å². The highest BCUT2D eigenvalue weighted by Crippen LogP contribution is 2.21. The average Bonchev–Trinajstić information content (AvgIpc) is 2.88. The lowest BCUT2D eigenvalue weighted by Crippen LogP contribution is -2.30. The van der Waals surface area contributed by atoms with Gasteiger partial charge in [-0.1, -0.05) is 0 Å². The van der Waals surface area contributed by atoms with Gasteiger partial charge in [0.1, 0.15) is 11.9 Å². The summed E-state index contributed by atoms with van der Waals surface area (Å²) in [6, 6.07) is 3.09. The summed E-state index contributed by atoms with van der Waals surface area (Å²) in [6.07, 6.45) is 3.17. The summed E-state index contributed by atoms with van der Waals surface area (Å²) < 4.78 is 5.12. The number of furan rings is 1. The van der Waals surface area contributed by atoms with Crippen LogP contribution in [-0.2, 0) is 6.42 Å². The van der Waals surface area contributed by atoms with Crippen molar-refractivity contribution in [3.63, 3.8) is 0 Å². The highest BCUT2D eigenvalue weighted by atomic mass is 32.1. The van der Waals surface area contributed by atoms with E-state index in [1.54, 1.807) is 29.7 Å². The molecule has 0 aromatic carbocycles. The van der Waals surface area contributed by atoms with Gasteiger partial charge in [-0.3, -0.25) is 0 Å². The van der Waals surface area contributed by atoms with Crippen molar-refractivity contribution in [2.75, 3.05) is 0 Å². The first kappa shape index (κ1) is 11.3. The number of aliphatic hydroxyl groups is 1. The lowest BCUT2D eigenvalue weighted by molar-refractivity contribution is 0.121. The minimum atomic E-state index is -0.766. The van der Waals surface area contributed by atoms with E-state index < -0.39 is 6.10 Å². The van der Waals surface area contributed by atoms with E-state index in [-0.39, 0.29) is 6.04 Å². The molecule has 3 N–H and O–H groups in total. The Balaban J connectivity index is 2.00. The number of nitrogens with two attached hydrogens (primary N) is 1. The number of aliphatic hydroxyl groups excluding tert-OH is 1. The number of nitrogens with zero attached hydrogens (tertiary/aromatic N) is 1. The van der Waals surface area contributed by atoms with E-state index >= 15 is 0 Å². The molecule has 0 bridgehead atoms. The second kappa shape index (κ2) is 4.78. The van der Waals surface area contributed by atoms with E-state index in [0.29, 0.717) is 12.2 Å². The molecule has 0 spiro atoms. The Morgan fingerprint density at radius 2 is 2.44 bits per heavy atom. The lowest BCUT2D eigenvalue weighted by Gasteiger charge is -2.15. The van der Waals surface area contributed by atoms with Gasteiger partial charge in [-0.05, 0) is 19.1 Å². The number of hydrogen-bond donors (Lipinski definition) is 2. The predicted octanol–water partition coefficient (Wildman–Crippen LogP) is 1.65. The highest BCUT2D eigenvalue weighted by Gasteiger charge is 2.20. The monoisotopic (exact) mass is 238 g/mol. The van der Waals surface area contributed by atoms with Crippen molar-refractivity contribution in [1.29, 1.82) is 0 Å².